The van der Waals surface area contributed by atoms with Gasteiger partial charge in [0.25, 0.3) is 0 Å². The fourth-order valence-corrected chi connectivity index (χ4v) is 2.67. The first kappa shape index (κ1) is 10.7. The van der Waals surface area contributed by atoms with Crippen molar-refractivity contribution in [1.82, 2.24) is 4.31 Å². The summed E-state index contributed by atoms with van der Waals surface area (Å²) in [6.07, 6.45) is 0.628. The minimum Gasteiger partial charge on any atom is -0.256 e. The Kier molecular flexibility index (Phi) is 2.53. The zero-order valence-electron chi connectivity index (χ0n) is 8.20. The lowest BCUT2D eigenvalue weighted by Gasteiger charge is -2.27. The average molecular weight is 205 g/mol. The molecule has 1 saturated heterocycles. The highest BCUT2D eigenvalue weighted by Gasteiger charge is 2.45. The summed E-state index contributed by atoms with van der Waals surface area (Å²) in [6.45, 7) is 7.71. The van der Waals surface area contributed by atoms with Crippen LogP contribution in [-0.2, 0) is 14.5 Å². The quantitative estimate of drug-likeness (QED) is 0.630. The molecule has 1 fully saturated rings. The minimum absolute atomic E-state index is 0.207. The van der Waals surface area contributed by atoms with Crippen LogP contribution >= 0.6 is 0 Å². The molecule has 4 nitrogen and oxygen atoms in total. The third-order valence-electron chi connectivity index (χ3n) is 2.30. The predicted octanol–water partition coefficient (Wildman–Crippen LogP) is 0.918. The summed E-state index contributed by atoms with van der Waals surface area (Å²) in [5.41, 5.74) is 0.486. The van der Waals surface area contributed by atoms with Gasteiger partial charge in [-0.3, -0.25) is 4.18 Å². The number of hydrogen-bond acceptors (Lipinski definition) is 3. The van der Waals surface area contributed by atoms with Crippen LogP contribution in [0, 0.1) is 0 Å². The second-order valence-corrected chi connectivity index (χ2v) is 5.46. The van der Waals surface area contributed by atoms with E-state index >= 15 is 0 Å². The molecule has 0 aliphatic carbocycles. The van der Waals surface area contributed by atoms with E-state index in [1.54, 1.807) is 0 Å². The molecule has 5 heteroatoms. The van der Waals surface area contributed by atoms with Gasteiger partial charge in [0.05, 0.1) is 12.1 Å². The van der Waals surface area contributed by atoms with Gasteiger partial charge in [0.1, 0.15) is 0 Å². The summed E-state index contributed by atoms with van der Waals surface area (Å²) in [7, 11) is -1.95. The van der Waals surface area contributed by atoms with Crippen LogP contribution in [0.25, 0.3) is 0 Å². The number of rotatable bonds is 2. The SMILES string of the molecule is C=C(C)C[C@@]1(C)COS(=O)(=O)N1C. The standard InChI is InChI=1S/C8H15NO3S/c1-7(2)5-8(3)6-12-13(10,11)9(8)4/h1,5-6H2,2-4H3/t8-/m0/s1. The highest BCUT2D eigenvalue weighted by molar-refractivity contribution is 7.84. The summed E-state index contributed by atoms with van der Waals surface area (Å²) in [6, 6.07) is 0. The molecule has 0 aromatic heterocycles. The van der Waals surface area contributed by atoms with Gasteiger partial charge in [0, 0.05) is 7.05 Å². The van der Waals surface area contributed by atoms with Crippen LogP contribution in [0.5, 0.6) is 0 Å². The van der Waals surface area contributed by atoms with Crippen molar-refractivity contribution in [3.8, 4) is 0 Å². The first-order valence-electron chi connectivity index (χ1n) is 4.06. The van der Waals surface area contributed by atoms with Gasteiger partial charge >= 0.3 is 10.3 Å². The molecule has 0 radical (unpaired) electrons. The zero-order chi connectivity index (χ0) is 10.3. The lowest BCUT2D eigenvalue weighted by atomic mass is 9.95. The molecule has 0 unspecified atom stereocenters. The molecule has 0 bridgehead atoms. The minimum atomic E-state index is -3.49. The Morgan fingerprint density at radius 1 is 1.69 bits per heavy atom. The molecule has 0 aromatic rings. The zero-order valence-corrected chi connectivity index (χ0v) is 9.02. The molecule has 0 spiro atoms. The van der Waals surface area contributed by atoms with Gasteiger partial charge in [0.2, 0.25) is 0 Å². The normalized spacial score (nSPS) is 33.5. The number of nitrogens with zero attached hydrogens (tertiary/aromatic N) is 1. The van der Waals surface area contributed by atoms with E-state index in [1.807, 2.05) is 13.8 Å². The van der Waals surface area contributed by atoms with Crippen LogP contribution in [0.1, 0.15) is 20.3 Å². The maximum Gasteiger partial charge on any atom is 0.338 e. The maximum absolute atomic E-state index is 11.2. The largest absolute Gasteiger partial charge is 0.338 e. The molecule has 76 valence electrons. The molecule has 0 saturated carbocycles. The van der Waals surface area contributed by atoms with Crippen LogP contribution in [0.4, 0.5) is 0 Å². The van der Waals surface area contributed by atoms with Crippen molar-refractivity contribution >= 4 is 10.3 Å². The van der Waals surface area contributed by atoms with E-state index in [0.29, 0.717) is 6.42 Å². The van der Waals surface area contributed by atoms with E-state index in [4.69, 9.17) is 4.18 Å². The number of likely N-dealkylation sites (N-methyl/N-ethyl adjacent to an activating group) is 1. The van der Waals surface area contributed by atoms with Gasteiger partial charge < -0.3 is 0 Å². The second-order valence-electron chi connectivity index (χ2n) is 3.82. The van der Waals surface area contributed by atoms with Gasteiger partial charge in [-0.25, -0.2) is 0 Å². The fourth-order valence-electron chi connectivity index (χ4n) is 1.45. The summed E-state index contributed by atoms with van der Waals surface area (Å²) in [5.74, 6) is 0. The molecular weight excluding hydrogens is 190 g/mol. The van der Waals surface area contributed by atoms with Crippen molar-refractivity contribution in [2.75, 3.05) is 13.7 Å². The van der Waals surface area contributed by atoms with Crippen molar-refractivity contribution in [2.24, 2.45) is 0 Å². The van der Waals surface area contributed by atoms with Gasteiger partial charge in [-0.05, 0) is 20.3 Å². The van der Waals surface area contributed by atoms with E-state index in [2.05, 4.69) is 6.58 Å². The summed E-state index contributed by atoms with van der Waals surface area (Å²) in [5, 5.41) is 0. The van der Waals surface area contributed by atoms with E-state index in [0.717, 1.165) is 5.57 Å². The summed E-state index contributed by atoms with van der Waals surface area (Å²) in [4.78, 5) is 0. The molecule has 1 rings (SSSR count). The van der Waals surface area contributed by atoms with E-state index < -0.39 is 15.8 Å². The van der Waals surface area contributed by atoms with Crippen molar-refractivity contribution in [3.05, 3.63) is 12.2 Å². The topological polar surface area (TPSA) is 46.6 Å². The molecule has 13 heavy (non-hydrogen) atoms. The molecule has 0 amide bonds. The summed E-state index contributed by atoms with van der Waals surface area (Å²) < 4.78 is 28.5. The maximum atomic E-state index is 11.2. The van der Waals surface area contributed by atoms with Crippen LogP contribution in [0.2, 0.25) is 0 Å². The molecule has 1 aliphatic rings. The molecule has 0 N–H and O–H groups in total. The predicted molar refractivity (Wildman–Crippen MR) is 50.5 cm³/mol. The Morgan fingerprint density at radius 3 is 2.54 bits per heavy atom. The Hall–Kier alpha value is -0.390. The van der Waals surface area contributed by atoms with Crippen LogP contribution in [0.15, 0.2) is 12.2 Å². The van der Waals surface area contributed by atoms with E-state index in [9.17, 15) is 8.42 Å². The Morgan fingerprint density at radius 2 is 2.23 bits per heavy atom. The highest BCUT2D eigenvalue weighted by atomic mass is 32.2. The first-order chi connectivity index (χ1) is 5.78. The van der Waals surface area contributed by atoms with E-state index in [1.165, 1.54) is 11.4 Å². The van der Waals surface area contributed by atoms with Crippen molar-refractivity contribution in [2.45, 2.75) is 25.8 Å². The third kappa shape index (κ3) is 1.92. The lowest BCUT2D eigenvalue weighted by molar-refractivity contribution is 0.223. The van der Waals surface area contributed by atoms with E-state index in [-0.39, 0.29) is 6.61 Å². The second kappa shape index (κ2) is 3.08. The van der Waals surface area contributed by atoms with Gasteiger partial charge in [-0.1, -0.05) is 5.57 Å². The number of hydrogen-bond donors (Lipinski definition) is 0. The molecule has 0 aromatic carbocycles. The smallest absolute Gasteiger partial charge is 0.256 e. The molecular formula is C8H15NO3S. The first-order valence-corrected chi connectivity index (χ1v) is 5.42. The van der Waals surface area contributed by atoms with Crippen LogP contribution in [0.3, 0.4) is 0 Å². The molecule has 1 heterocycles. The van der Waals surface area contributed by atoms with Gasteiger partial charge in [0.15, 0.2) is 0 Å². The Balaban J connectivity index is 2.90. The van der Waals surface area contributed by atoms with Crippen LogP contribution in [-0.4, -0.2) is 31.9 Å². The Bertz CT molecular complexity index is 322. The van der Waals surface area contributed by atoms with Crippen LogP contribution < -0.4 is 0 Å². The fraction of sp³-hybridized carbons (Fsp3) is 0.750. The third-order valence-corrected chi connectivity index (χ3v) is 3.82. The molecule has 1 atom stereocenters. The van der Waals surface area contributed by atoms with Gasteiger partial charge in [-0.2, -0.15) is 12.7 Å². The average Bonchev–Trinajstić information content (AvgIpc) is 2.14. The summed E-state index contributed by atoms with van der Waals surface area (Å²) >= 11 is 0. The van der Waals surface area contributed by atoms with Gasteiger partial charge in [-0.15, -0.1) is 6.58 Å². The van der Waals surface area contributed by atoms with Crippen molar-refractivity contribution in [3.63, 3.8) is 0 Å². The molecule has 1 aliphatic heterocycles. The van der Waals surface area contributed by atoms with Crippen molar-refractivity contribution < 1.29 is 12.6 Å². The monoisotopic (exact) mass is 205 g/mol. The van der Waals surface area contributed by atoms with Crippen molar-refractivity contribution in [1.29, 1.82) is 0 Å². The highest BCUT2D eigenvalue weighted by Crippen LogP contribution is 2.31. The Labute approximate surface area is 79.4 Å². The lowest BCUT2D eigenvalue weighted by Crippen LogP contribution is -2.42.